The van der Waals surface area contributed by atoms with Crippen LogP contribution in [-0.2, 0) is 6.54 Å². The number of anilines is 1. The van der Waals surface area contributed by atoms with Crippen LogP contribution in [0.4, 0.5) is 5.69 Å². The van der Waals surface area contributed by atoms with Crippen LogP contribution in [0, 0.1) is 0 Å². The average molecular weight is 307 g/mol. The third-order valence-electron chi connectivity index (χ3n) is 2.86. The largest absolute Gasteiger partial charge is 0.492 e. The van der Waals surface area contributed by atoms with Crippen molar-refractivity contribution in [2.75, 3.05) is 19.0 Å². The molecule has 1 N–H and O–H groups in total. The zero-order valence-corrected chi connectivity index (χ0v) is 13.0. The van der Waals surface area contributed by atoms with Crippen molar-refractivity contribution < 1.29 is 9.47 Å². The maximum absolute atomic E-state index is 6.19. The molecule has 0 aliphatic heterocycles. The monoisotopic (exact) mass is 306 g/mol. The van der Waals surface area contributed by atoms with E-state index in [1.807, 2.05) is 36.4 Å². The minimum Gasteiger partial charge on any atom is -0.492 e. The second-order valence-electron chi connectivity index (χ2n) is 4.52. The van der Waals surface area contributed by atoms with Crippen molar-refractivity contribution in [2.24, 2.45) is 0 Å². The lowest BCUT2D eigenvalue weighted by molar-refractivity contribution is 0.317. The first-order chi connectivity index (χ1) is 10.2. The molecule has 1 aromatic carbocycles. The molecule has 0 saturated heterocycles. The second-order valence-corrected chi connectivity index (χ2v) is 4.93. The Bertz CT molecular complexity index is 590. The Kier molecular flexibility index (Phi) is 5.69. The molecular formula is C16H19ClN2O2. The minimum atomic E-state index is 0.600. The van der Waals surface area contributed by atoms with Crippen LogP contribution in [0.2, 0.25) is 5.02 Å². The Morgan fingerprint density at radius 1 is 1.24 bits per heavy atom. The lowest BCUT2D eigenvalue weighted by Gasteiger charge is -2.10. The molecule has 2 rings (SSSR count). The summed E-state index contributed by atoms with van der Waals surface area (Å²) in [4.78, 5) is 4.34. The van der Waals surface area contributed by atoms with Gasteiger partial charge in [-0.3, -0.25) is 0 Å². The van der Waals surface area contributed by atoms with E-state index < -0.39 is 0 Å². The number of rotatable bonds is 7. The molecular weight excluding hydrogens is 288 g/mol. The number of pyridine rings is 1. The Labute approximate surface area is 130 Å². The van der Waals surface area contributed by atoms with Crippen LogP contribution >= 0.6 is 11.6 Å². The molecule has 0 bridgehead atoms. The Hall–Kier alpha value is -1.94. The van der Waals surface area contributed by atoms with Crippen LogP contribution in [0.25, 0.3) is 0 Å². The molecule has 0 aliphatic carbocycles. The highest BCUT2D eigenvalue weighted by molar-refractivity contribution is 6.32. The molecule has 0 amide bonds. The van der Waals surface area contributed by atoms with Gasteiger partial charge in [-0.2, -0.15) is 0 Å². The number of nitrogens with zero attached hydrogens (tertiary/aromatic N) is 1. The molecule has 112 valence electrons. The van der Waals surface area contributed by atoms with Crippen LogP contribution in [0.15, 0.2) is 36.4 Å². The summed E-state index contributed by atoms with van der Waals surface area (Å²) in [5.74, 6) is 1.32. The van der Waals surface area contributed by atoms with Crippen molar-refractivity contribution in [1.82, 2.24) is 4.98 Å². The van der Waals surface area contributed by atoms with E-state index >= 15 is 0 Å². The summed E-state index contributed by atoms with van der Waals surface area (Å²) in [5, 5.41) is 3.88. The molecule has 1 heterocycles. The Balaban J connectivity index is 1.98. The summed E-state index contributed by atoms with van der Waals surface area (Å²) in [5.41, 5.74) is 1.82. The molecule has 0 fully saturated rings. The SMILES string of the molecule is CCCOc1ccc(NCc2cccc(OC)n2)cc1Cl. The van der Waals surface area contributed by atoms with Crippen LogP contribution < -0.4 is 14.8 Å². The fourth-order valence-electron chi connectivity index (χ4n) is 1.80. The molecule has 0 atom stereocenters. The Morgan fingerprint density at radius 2 is 2.10 bits per heavy atom. The van der Waals surface area contributed by atoms with Gasteiger partial charge >= 0.3 is 0 Å². The average Bonchev–Trinajstić information content (AvgIpc) is 2.52. The van der Waals surface area contributed by atoms with Crippen LogP contribution in [0.1, 0.15) is 19.0 Å². The molecule has 0 radical (unpaired) electrons. The number of aromatic nitrogens is 1. The van der Waals surface area contributed by atoms with E-state index in [4.69, 9.17) is 21.1 Å². The molecule has 21 heavy (non-hydrogen) atoms. The maximum Gasteiger partial charge on any atom is 0.213 e. The zero-order chi connectivity index (χ0) is 15.1. The fraction of sp³-hybridized carbons (Fsp3) is 0.312. The summed E-state index contributed by atoms with van der Waals surface area (Å²) in [7, 11) is 1.61. The molecule has 2 aromatic rings. The number of nitrogens with one attached hydrogen (secondary N) is 1. The second kappa shape index (κ2) is 7.74. The summed E-state index contributed by atoms with van der Waals surface area (Å²) in [6, 6.07) is 11.3. The quantitative estimate of drug-likeness (QED) is 0.834. The summed E-state index contributed by atoms with van der Waals surface area (Å²) >= 11 is 6.19. The van der Waals surface area contributed by atoms with Crippen molar-refractivity contribution in [3.8, 4) is 11.6 Å². The highest BCUT2D eigenvalue weighted by Crippen LogP contribution is 2.28. The summed E-state index contributed by atoms with van der Waals surface area (Å²) in [6.07, 6.45) is 0.956. The van der Waals surface area contributed by atoms with Crippen molar-refractivity contribution >= 4 is 17.3 Å². The molecule has 0 spiro atoms. The first kappa shape index (κ1) is 15.4. The van der Waals surface area contributed by atoms with Crippen molar-refractivity contribution in [3.63, 3.8) is 0 Å². The van der Waals surface area contributed by atoms with Gasteiger partial charge in [0.2, 0.25) is 5.88 Å². The standard InChI is InChI=1S/C16H19ClN2O2/c1-3-9-21-15-8-7-12(10-14(15)17)18-11-13-5-4-6-16(19-13)20-2/h4-8,10,18H,3,9,11H2,1-2H3. The van der Waals surface area contributed by atoms with Crippen LogP contribution in [0.5, 0.6) is 11.6 Å². The molecule has 5 heteroatoms. The van der Waals surface area contributed by atoms with E-state index in [1.54, 1.807) is 7.11 Å². The predicted octanol–water partition coefficient (Wildman–Crippen LogP) is 4.14. The van der Waals surface area contributed by atoms with Gasteiger partial charge in [0.05, 0.1) is 31.0 Å². The van der Waals surface area contributed by atoms with E-state index in [9.17, 15) is 0 Å². The highest BCUT2D eigenvalue weighted by Gasteiger charge is 2.03. The van der Waals surface area contributed by atoms with E-state index in [0.717, 1.165) is 17.8 Å². The van der Waals surface area contributed by atoms with Crippen molar-refractivity contribution in [3.05, 3.63) is 47.1 Å². The smallest absolute Gasteiger partial charge is 0.213 e. The Morgan fingerprint density at radius 3 is 2.81 bits per heavy atom. The number of benzene rings is 1. The van der Waals surface area contributed by atoms with Gasteiger partial charge in [-0.15, -0.1) is 0 Å². The lowest BCUT2D eigenvalue weighted by Crippen LogP contribution is -2.03. The summed E-state index contributed by atoms with van der Waals surface area (Å²) < 4.78 is 10.6. The van der Waals surface area contributed by atoms with Crippen LogP contribution in [0.3, 0.4) is 0 Å². The molecule has 0 unspecified atom stereocenters. The van der Waals surface area contributed by atoms with Gasteiger partial charge < -0.3 is 14.8 Å². The number of hydrogen-bond acceptors (Lipinski definition) is 4. The van der Waals surface area contributed by atoms with Gasteiger partial charge in [-0.05, 0) is 30.7 Å². The maximum atomic E-state index is 6.19. The number of methoxy groups -OCH3 is 1. The number of halogens is 1. The summed E-state index contributed by atoms with van der Waals surface area (Å²) in [6.45, 7) is 3.33. The zero-order valence-electron chi connectivity index (χ0n) is 12.2. The number of ether oxygens (including phenoxy) is 2. The number of hydrogen-bond donors (Lipinski definition) is 1. The minimum absolute atomic E-state index is 0.600. The van der Waals surface area contributed by atoms with Gasteiger partial charge in [-0.25, -0.2) is 4.98 Å². The molecule has 4 nitrogen and oxygen atoms in total. The van der Waals surface area contributed by atoms with Gasteiger partial charge in [0.25, 0.3) is 0 Å². The lowest BCUT2D eigenvalue weighted by atomic mass is 10.3. The third-order valence-corrected chi connectivity index (χ3v) is 3.15. The van der Waals surface area contributed by atoms with E-state index in [-0.39, 0.29) is 0 Å². The van der Waals surface area contributed by atoms with Gasteiger partial charge in [-0.1, -0.05) is 24.6 Å². The van der Waals surface area contributed by atoms with Crippen molar-refractivity contribution in [1.29, 1.82) is 0 Å². The van der Waals surface area contributed by atoms with E-state index in [1.165, 1.54) is 0 Å². The van der Waals surface area contributed by atoms with Gasteiger partial charge in [0.15, 0.2) is 0 Å². The highest BCUT2D eigenvalue weighted by atomic mass is 35.5. The molecule has 1 aromatic heterocycles. The normalized spacial score (nSPS) is 10.2. The third kappa shape index (κ3) is 4.53. The van der Waals surface area contributed by atoms with E-state index in [0.29, 0.717) is 29.8 Å². The predicted molar refractivity (Wildman–Crippen MR) is 85.4 cm³/mol. The van der Waals surface area contributed by atoms with E-state index in [2.05, 4.69) is 17.2 Å². The first-order valence-corrected chi connectivity index (χ1v) is 7.27. The fourth-order valence-corrected chi connectivity index (χ4v) is 2.04. The molecule has 0 aliphatic rings. The van der Waals surface area contributed by atoms with Gasteiger partial charge in [0.1, 0.15) is 5.75 Å². The molecule has 0 saturated carbocycles. The van der Waals surface area contributed by atoms with Gasteiger partial charge in [0, 0.05) is 11.8 Å². The topological polar surface area (TPSA) is 43.4 Å². The van der Waals surface area contributed by atoms with Crippen molar-refractivity contribution in [2.45, 2.75) is 19.9 Å². The first-order valence-electron chi connectivity index (χ1n) is 6.89. The van der Waals surface area contributed by atoms with Crippen LogP contribution in [-0.4, -0.2) is 18.7 Å².